The van der Waals surface area contributed by atoms with E-state index in [2.05, 4.69) is 16.9 Å². The van der Waals surface area contributed by atoms with Crippen LogP contribution >= 0.6 is 0 Å². The van der Waals surface area contributed by atoms with Crippen LogP contribution < -0.4 is 11.0 Å². The summed E-state index contributed by atoms with van der Waals surface area (Å²) in [6.07, 6.45) is 4.36. The molecule has 1 aliphatic rings. The van der Waals surface area contributed by atoms with Crippen molar-refractivity contribution in [1.82, 2.24) is 9.55 Å². The van der Waals surface area contributed by atoms with Crippen molar-refractivity contribution in [2.45, 2.75) is 75.7 Å². The maximum Gasteiger partial charge on any atom is 0.351 e. The second-order valence-corrected chi connectivity index (χ2v) is 7.33. The standard InChI is InChI=1S/C20H29F2N3O5/c1-2-3-4-5-6-7-8-9-10-16(27)23-15-11-12-25(19(29)24-15)18-20(21,22)17(28)14(13-26)30-18/h2,11-12,14,17-18,26,28H,1,3-10,13H2,(H,23,24,27,29)/t14-,17-,18-/m0/s1. The first-order valence-corrected chi connectivity index (χ1v) is 10.1. The molecular weight excluding hydrogens is 400 g/mol. The summed E-state index contributed by atoms with van der Waals surface area (Å²) in [6, 6.07) is 1.21. The lowest BCUT2D eigenvalue weighted by molar-refractivity contribution is -0.141. The average molecular weight is 429 g/mol. The van der Waals surface area contributed by atoms with Crippen LogP contribution in [-0.4, -0.2) is 50.4 Å². The molecule has 0 bridgehead atoms. The van der Waals surface area contributed by atoms with Gasteiger partial charge in [0.25, 0.3) is 0 Å². The molecule has 1 aromatic heterocycles. The van der Waals surface area contributed by atoms with Gasteiger partial charge in [-0.1, -0.05) is 31.8 Å². The van der Waals surface area contributed by atoms with Crippen LogP contribution in [0.25, 0.3) is 0 Å². The molecule has 1 amide bonds. The Kier molecular flexibility index (Phi) is 9.07. The normalized spacial score (nSPS) is 22.7. The topological polar surface area (TPSA) is 114 Å². The first kappa shape index (κ1) is 24.1. The Morgan fingerprint density at radius 3 is 2.57 bits per heavy atom. The van der Waals surface area contributed by atoms with Gasteiger partial charge < -0.3 is 20.3 Å². The van der Waals surface area contributed by atoms with Crippen molar-refractivity contribution in [2.75, 3.05) is 11.9 Å². The summed E-state index contributed by atoms with van der Waals surface area (Å²) in [7, 11) is 0. The van der Waals surface area contributed by atoms with Crippen molar-refractivity contribution < 1.29 is 28.5 Å². The molecule has 0 aromatic carbocycles. The highest BCUT2D eigenvalue weighted by Crippen LogP contribution is 2.41. The van der Waals surface area contributed by atoms with E-state index in [0.717, 1.165) is 44.7 Å². The van der Waals surface area contributed by atoms with Gasteiger partial charge in [-0.05, 0) is 25.3 Å². The predicted octanol–water partition coefficient (Wildman–Crippen LogP) is 2.37. The van der Waals surface area contributed by atoms with E-state index in [4.69, 9.17) is 9.84 Å². The molecule has 0 aliphatic carbocycles. The van der Waals surface area contributed by atoms with Crippen molar-refractivity contribution in [3.05, 3.63) is 35.4 Å². The van der Waals surface area contributed by atoms with E-state index in [9.17, 15) is 23.5 Å². The van der Waals surface area contributed by atoms with Crippen LogP contribution in [0.2, 0.25) is 0 Å². The first-order valence-electron chi connectivity index (χ1n) is 10.1. The summed E-state index contributed by atoms with van der Waals surface area (Å²) in [5.74, 6) is -4.15. The fraction of sp³-hybridized carbons (Fsp3) is 0.650. The minimum atomic E-state index is -3.78. The molecule has 10 heteroatoms. The van der Waals surface area contributed by atoms with Crippen LogP contribution in [0.3, 0.4) is 0 Å². The number of carbonyl (C=O) groups is 1. The molecule has 1 saturated heterocycles. The number of rotatable bonds is 12. The van der Waals surface area contributed by atoms with Crippen LogP contribution in [0.1, 0.15) is 57.6 Å². The molecular formula is C20H29F2N3O5. The predicted molar refractivity (Wildman–Crippen MR) is 106 cm³/mol. The highest BCUT2D eigenvalue weighted by molar-refractivity contribution is 5.89. The number of aliphatic hydroxyl groups excluding tert-OH is 2. The second kappa shape index (κ2) is 11.3. The Morgan fingerprint density at radius 1 is 1.30 bits per heavy atom. The summed E-state index contributed by atoms with van der Waals surface area (Å²) in [4.78, 5) is 27.7. The van der Waals surface area contributed by atoms with E-state index in [1.54, 1.807) is 0 Å². The molecule has 2 rings (SSSR count). The number of hydrogen-bond donors (Lipinski definition) is 3. The van der Waals surface area contributed by atoms with Crippen LogP contribution in [0.4, 0.5) is 14.6 Å². The number of nitrogens with zero attached hydrogens (tertiary/aromatic N) is 2. The number of carbonyl (C=O) groups excluding carboxylic acids is 1. The number of hydrogen-bond acceptors (Lipinski definition) is 6. The lowest BCUT2D eigenvalue weighted by Gasteiger charge is -2.21. The Balaban J connectivity index is 1.83. The minimum Gasteiger partial charge on any atom is -0.394 e. The highest BCUT2D eigenvalue weighted by Gasteiger charge is 2.59. The molecule has 30 heavy (non-hydrogen) atoms. The summed E-state index contributed by atoms with van der Waals surface area (Å²) in [5.41, 5.74) is -1.07. The van der Waals surface area contributed by atoms with Gasteiger partial charge in [-0.2, -0.15) is 13.8 Å². The zero-order chi connectivity index (χ0) is 22.1. The van der Waals surface area contributed by atoms with Gasteiger partial charge in [-0.25, -0.2) is 4.79 Å². The van der Waals surface area contributed by atoms with Crippen LogP contribution in [0.5, 0.6) is 0 Å². The fourth-order valence-electron chi connectivity index (χ4n) is 3.27. The monoisotopic (exact) mass is 429 g/mol. The van der Waals surface area contributed by atoms with Gasteiger partial charge in [-0.15, -0.1) is 6.58 Å². The summed E-state index contributed by atoms with van der Waals surface area (Å²) >= 11 is 0. The number of aliphatic hydroxyl groups is 2. The Bertz CT molecular complexity index is 771. The van der Waals surface area contributed by atoms with E-state index in [1.165, 1.54) is 6.07 Å². The number of anilines is 1. The third-order valence-electron chi connectivity index (χ3n) is 4.97. The van der Waals surface area contributed by atoms with Gasteiger partial charge in [-0.3, -0.25) is 9.36 Å². The molecule has 168 valence electrons. The molecule has 3 N–H and O–H groups in total. The van der Waals surface area contributed by atoms with E-state index >= 15 is 0 Å². The molecule has 2 heterocycles. The number of aromatic nitrogens is 2. The smallest absolute Gasteiger partial charge is 0.351 e. The van der Waals surface area contributed by atoms with Gasteiger partial charge in [0.15, 0.2) is 6.10 Å². The zero-order valence-electron chi connectivity index (χ0n) is 16.8. The fourth-order valence-corrected chi connectivity index (χ4v) is 3.27. The number of allylic oxidation sites excluding steroid dienone is 1. The highest BCUT2D eigenvalue weighted by atomic mass is 19.3. The van der Waals surface area contributed by atoms with Crippen molar-refractivity contribution >= 4 is 11.7 Å². The third kappa shape index (κ3) is 6.16. The molecule has 0 unspecified atom stereocenters. The lowest BCUT2D eigenvalue weighted by Crippen LogP contribution is -2.41. The van der Waals surface area contributed by atoms with Gasteiger partial charge in [0.05, 0.1) is 6.61 Å². The summed E-state index contributed by atoms with van der Waals surface area (Å²) in [6.45, 7) is 2.86. The van der Waals surface area contributed by atoms with E-state index in [0.29, 0.717) is 11.0 Å². The number of nitrogens with one attached hydrogen (secondary N) is 1. The minimum absolute atomic E-state index is 0.0498. The number of amides is 1. The molecule has 1 aliphatic heterocycles. The first-order chi connectivity index (χ1) is 14.3. The number of unbranched alkanes of at least 4 members (excludes halogenated alkanes) is 6. The van der Waals surface area contributed by atoms with E-state index < -0.39 is 36.7 Å². The van der Waals surface area contributed by atoms with Crippen LogP contribution in [-0.2, 0) is 9.53 Å². The lowest BCUT2D eigenvalue weighted by atomic mass is 10.1. The molecule has 1 aromatic rings. The van der Waals surface area contributed by atoms with Crippen molar-refractivity contribution in [2.24, 2.45) is 0 Å². The third-order valence-corrected chi connectivity index (χ3v) is 4.97. The molecule has 0 saturated carbocycles. The van der Waals surface area contributed by atoms with Gasteiger partial charge in [0, 0.05) is 12.6 Å². The largest absolute Gasteiger partial charge is 0.394 e. The van der Waals surface area contributed by atoms with Crippen molar-refractivity contribution in [3.8, 4) is 0 Å². The Hall–Kier alpha value is -2.17. The van der Waals surface area contributed by atoms with Gasteiger partial charge in [0.1, 0.15) is 11.9 Å². The van der Waals surface area contributed by atoms with Crippen LogP contribution in [0.15, 0.2) is 29.7 Å². The molecule has 8 nitrogen and oxygen atoms in total. The molecule has 1 fully saturated rings. The second-order valence-electron chi connectivity index (χ2n) is 7.33. The Labute approximate surface area is 173 Å². The molecule has 0 radical (unpaired) electrons. The van der Waals surface area contributed by atoms with E-state index in [1.807, 2.05) is 6.08 Å². The SMILES string of the molecule is C=CCCCCCCCCC(=O)Nc1ccn([C@H]2O[C@@H](CO)[C@H](O)C2(F)F)c(=O)n1. The van der Waals surface area contributed by atoms with Crippen LogP contribution in [0, 0.1) is 0 Å². The van der Waals surface area contributed by atoms with Gasteiger partial charge in [0.2, 0.25) is 12.1 Å². The van der Waals surface area contributed by atoms with Gasteiger partial charge >= 0.3 is 11.6 Å². The maximum absolute atomic E-state index is 14.2. The van der Waals surface area contributed by atoms with Crippen molar-refractivity contribution in [3.63, 3.8) is 0 Å². The van der Waals surface area contributed by atoms with E-state index in [-0.39, 0.29) is 18.1 Å². The number of ether oxygens (including phenoxy) is 1. The number of alkyl halides is 2. The summed E-state index contributed by atoms with van der Waals surface area (Å²) < 4.78 is 33.8. The average Bonchev–Trinajstić information content (AvgIpc) is 2.93. The Morgan fingerprint density at radius 2 is 1.97 bits per heavy atom. The summed E-state index contributed by atoms with van der Waals surface area (Å²) in [5, 5.41) is 21.1. The molecule has 0 spiro atoms. The zero-order valence-corrected chi connectivity index (χ0v) is 16.8. The number of halogens is 2. The molecule has 3 atom stereocenters. The maximum atomic E-state index is 14.2. The quantitative estimate of drug-likeness (QED) is 0.347. The van der Waals surface area contributed by atoms with Crippen molar-refractivity contribution in [1.29, 1.82) is 0 Å².